The Kier molecular flexibility index (Phi) is 7.48. The number of aliphatic hydroxyl groups excluding tert-OH is 1. The van der Waals surface area contributed by atoms with E-state index in [-0.39, 0.29) is 0 Å². The van der Waals surface area contributed by atoms with E-state index < -0.39 is 6.10 Å². The molecular formula is C22H31NO2. The summed E-state index contributed by atoms with van der Waals surface area (Å²) in [6.45, 7) is 9.32. The van der Waals surface area contributed by atoms with E-state index in [1.165, 1.54) is 16.7 Å². The Balaban J connectivity index is 2.15. The quantitative estimate of drug-likeness (QED) is 0.720. The normalized spacial score (nSPS) is 12.6. The Bertz CT molecular complexity index is 638. The minimum absolute atomic E-state index is 0.297. The average Bonchev–Trinajstić information content (AvgIpc) is 2.59. The highest BCUT2D eigenvalue weighted by atomic mass is 16.5. The van der Waals surface area contributed by atoms with Crippen molar-refractivity contribution in [1.29, 1.82) is 0 Å². The number of aliphatic hydroxyl groups is 1. The summed E-state index contributed by atoms with van der Waals surface area (Å²) in [6, 6.07) is 17.1. The molecule has 0 radical (unpaired) electrons. The first kappa shape index (κ1) is 19.5. The first-order chi connectivity index (χ1) is 12.0. The maximum atomic E-state index is 10.2. The van der Waals surface area contributed by atoms with Crippen LogP contribution < -0.4 is 10.1 Å². The van der Waals surface area contributed by atoms with E-state index in [1.54, 1.807) is 0 Å². The molecule has 1 atom stereocenters. The molecule has 0 saturated carbocycles. The third-order valence-electron chi connectivity index (χ3n) is 4.17. The van der Waals surface area contributed by atoms with Crippen molar-refractivity contribution in [2.75, 3.05) is 13.2 Å². The summed E-state index contributed by atoms with van der Waals surface area (Å²) >= 11 is 0. The monoisotopic (exact) mass is 341 g/mol. The van der Waals surface area contributed by atoms with Crippen molar-refractivity contribution in [3.8, 4) is 5.75 Å². The third-order valence-corrected chi connectivity index (χ3v) is 4.17. The molecule has 25 heavy (non-hydrogen) atoms. The highest BCUT2D eigenvalue weighted by Crippen LogP contribution is 2.31. The standard InChI is InChI=1S/C22H31NO2/c1-16(2)21-12-8-11-19(13-18-9-6-5-7-10-18)22(21)25-15-20(24)14-23-17(3)4/h5-12,16-17,20,23-24H,13-15H2,1-4H3. The lowest BCUT2D eigenvalue weighted by atomic mass is 9.96. The topological polar surface area (TPSA) is 41.5 Å². The van der Waals surface area contributed by atoms with Crippen molar-refractivity contribution in [3.63, 3.8) is 0 Å². The smallest absolute Gasteiger partial charge is 0.126 e. The number of hydrogen-bond donors (Lipinski definition) is 2. The van der Waals surface area contributed by atoms with Gasteiger partial charge in [0, 0.05) is 19.0 Å². The molecule has 3 nitrogen and oxygen atoms in total. The van der Waals surface area contributed by atoms with Gasteiger partial charge < -0.3 is 15.2 Å². The fourth-order valence-corrected chi connectivity index (χ4v) is 2.80. The van der Waals surface area contributed by atoms with Gasteiger partial charge in [-0.15, -0.1) is 0 Å². The molecule has 1 unspecified atom stereocenters. The first-order valence-corrected chi connectivity index (χ1v) is 9.17. The van der Waals surface area contributed by atoms with Crippen LogP contribution in [0.25, 0.3) is 0 Å². The van der Waals surface area contributed by atoms with Crippen molar-refractivity contribution in [2.24, 2.45) is 0 Å². The maximum absolute atomic E-state index is 10.2. The van der Waals surface area contributed by atoms with Crippen LogP contribution in [0.1, 0.15) is 50.3 Å². The molecule has 0 fully saturated rings. The fraction of sp³-hybridized carbons (Fsp3) is 0.455. The zero-order chi connectivity index (χ0) is 18.2. The molecule has 0 aliphatic rings. The maximum Gasteiger partial charge on any atom is 0.126 e. The van der Waals surface area contributed by atoms with Gasteiger partial charge in [0.1, 0.15) is 18.5 Å². The van der Waals surface area contributed by atoms with E-state index in [4.69, 9.17) is 4.74 Å². The van der Waals surface area contributed by atoms with Crippen LogP contribution in [0.4, 0.5) is 0 Å². The second kappa shape index (κ2) is 9.59. The molecule has 0 aliphatic carbocycles. The Hall–Kier alpha value is -1.84. The van der Waals surface area contributed by atoms with Gasteiger partial charge in [0.2, 0.25) is 0 Å². The molecular weight excluding hydrogens is 310 g/mol. The van der Waals surface area contributed by atoms with Gasteiger partial charge in [0.15, 0.2) is 0 Å². The average molecular weight is 341 g/mol. The van der Waals surface area contributed by atoms with Crippen molar-refractivity contribution < 1.29 is 9.84 Å². The highest BCUT2D eigenvalue weighted by Gasteiger charge is 2.15. The molecule has 0 saturated heterocycles. The van der Waals surface area contributed by atoms with Crippen LogP contribution in [0.15, 0.2) is 48.5 Å². The van der Waals surface area contributed by atoms with Crippen molar-refractivity contribution >= 4 is 0 Å². The summed E-state index contributed by atoms with van der Waals surface area (Å²) in [5, 5.41) is 13.4. The number of nitrogens with one attached hydrogen (secondary N) is 1. The predicted octanol–water partition coefficient (Wildman–Crippen LogP) is 4.14. The molecule has 0 spiro atoms. The number of ether oxygens (including phenoxy) is 1. The lowest BCUT2D eigenvalue weighted by Gasteiger charge is -2.21. The Morgan fingerprint density at radius 2 is 1.68 bits per heavy atom. The molecule has 0 bridgehead atoms. The van der Waals surface area contributed by atoms with Crippen molar-refractivity contribution in [1.82, 2.24) is 5.32 Å². The van der Waals surface area contributed by atoms with E-state index in [9.17, 15) is 5.11 Å². The van der Waals surface area contributed by atoms with Crippen LogP contribution in [0.2, 0.25) is 0 Å². The fourth-order valence-electron chi connectivity index (χ4n) is 2.80. The van der Waals surface area contributed by atoms with Gasteiger partial charge in [0.05, 0.1) is 0 Å². The van der Waals surface area contributed by atoms with Gasteiger partial charge in [-0.05, 0) is 22.6 Å². The number of benzene rings is 2. The van der Waals surface area contributed by atoms with Crippen LogP contribution in [0.3, 0.4) is 0 Å². The van der Waals surface area contributed by atoms with Gasteiger partial charge in [-0.3, -0.25) is 0 Å². The second-order valence-corrected chi connectivity index (χ2v) is 7.18. The predicted molar refractivity (Wildman–Crippen MR) is 104 cm³/mol. The Morgan fingerprint density at radius 3 is 2.32 bits per heavy atom. The Morgan fingerprint density at radius 1 is 0.960 bits per heavy atom. The number of rotatable bonds is 9. The van der Waals surface area contributed by atoms with E-state index in [2.05, 4.69) is 75.5 Å². The summed E-state index contributed by atoms with van der Waals surface area (Å²) in [4.78, 5) is 0. The molecule has 0 amide bonds. The molecule has 2 aromatic rings. The molecule has 2 rings (SSSR count). The van der Waals surface area contributed by atoms with Crippen LogP contribution in [-0.4, -0.2) is 30.4 Å². The zero-order valence-electron chi connectivity index (χ0n) is 15.8. The summed E-state index contributed by atoms with van der Waals surface area (Å²) in [6.07, 6.45) is 0.309. The van der Waals surface area contributed by atoms with Crippen molar-refractivity contribution in [2.45, 2.75) is 52.2 Å². The zero-order valence-corrected chi connectivity index (χ0v) is 15.8. The van der Waals surface area contributed by atoms with E-state index in [0.29, 0.717) is 25.1 Å². The SMILES string of the molecule is CC(C)NCC(O)COc1c(Cc2ccccc2)cccc1C(C)C. The summed E-state index contributed by atoms with van der Waals surface area (Å²) < 4.78 is 6.11. The first-order valence-electron chi connectivity index (χ1n) is 9.17. The van der Waals surface area contributed by atoms with Gasteiger partial charge in [-0.2, -0.15) is 0 Å². The van der Waals surface area contributed by atoms with E-state index in [1.807, 2.05) is 6.07 Å². The summed E-state index contributed by atoms with van der Waals surface area (Å²) in [5.74, 6) is 1.29. The molecule has 136 valence electrons. The van der Waals surface area contributed by atoms with Gasteiger partial charge in [-0.25, -0.2) is 0 Å². The van der Waals surface area contributed by atoms with E-state index >= 15 is 0 Å². The molecule has 0 aromatic heterocycles. The number of para-hydroxylation sites is 1. The lowest BCUT2D eigenvalue weighted by molar-refractivity contribution is 0.103. The number of hydrogen-bond acceptors (Lipinski definition) is 3. The van der Waals surface area contributed by atoms with Crippen LogP contribution in [-0.2, 0) is 6.42 Å². The minimum Gasteiger partial charge on any atom is -0.490 e. The summed E-state index contributed by atoms with van der Waals surface area (Å²) in [7, 11) is 0. The lowest BCUT2D eigenvalue weighted by Crippen LogP contribution is -2.35. The molecule has 3 heteroatoms. The van der Waals surface area contributed by atoms with Crippen LogP contribution >= 0.6 is 0 Å². The van der Waals surface area contributed by atoms with Gasteiger partial charge >= 0.3 is 0 Å². The van der Waals surface area contributed by atoms with Crippen LogP contribution in [0, 0.1) is 0 Å². The van der Waals surface area contributed by atoms with Crippen LogP contribution in [0.5, 0.6) is 5.75 Å². The molecule has 0 aliphatic heterocycles. The van der Waals surface area contributed by atoms with Gasteiger partial charge in [-0.1, -0.05) is 76.2 Å². The second-order valence-electron chi connectivity index (χ2n) is 7.18. The molecule has 2 N–H and O–H groups in total. The largest absolute Gasteiger partial charge is 0.490 e. The van der Waals surface area contributed by atoms with Gasteiger partial charge in [0.25, 0.3) is 0 Å². The Labute approximate surface area is 152 Å². The molecule has 0 heterocycles. The van der Waals surface area contributed by atoms with Crippen molar-refractivity contribution in [3.05, 3.63) is 65.2 Å². The highest BCUT2D eigenvalue weighted by molar-refractivity contribution is 5.45. The van der Waals surface area contributed by atoms with E-state index in [0.717, 1.165) is 12.2 Å². The molecule has 2 aromatic carbocycles. The minimum atomic E-state index is -0.521. The summed E-state index contributed by atoms with van der Waals surface area (Å²) in [5.41, 5.74) is 3.62. The third kappa shape index (κ3) is 6.18.